The molecule has 0 aliphatic heterocycles. The summed E-state index contributed by atoms with van der Waals surface area (Å²) in [5.41, 5.74) is 5.56. The van der Waals surface area contributed by atoms with E-state index in [1.807, 2.05) is 0 Å². The van der Waals surface area contributed by atoms with Gasteiger partial charge < -0.3 is 10.6 Å². The molecule has 2 N–H and O–H groups in total. The maximum Gasteiger partial charge on any atom is 0.271 e. The van der Waals surface area contributed by atoms with Crippen molar-refractivity contribution in [1.29, 1.82) is 0 Å². The molecule has 0 fully saturated rings. The van der Waals surface area contributed by atoms with E-state index in [4.69, 9.17) is 5.73 Å². The van der Waals surface area contributed by atoms with E-state index >= 15 is 0 Å². The summed E-state index contributed by atoms with van der Waals surface area (Å²) in [7, 11) is 3.22. The van der Waals surface area contributed by atoms with Gasteiger partial charge in [0.2, 0.25) is 5.91 Å². The second-order valence-corrected chi connectivity index (χ2v) is 2.99. The minimum atomic E-state index is -0.569. The molecular weight excluding hydrogens is 182 g/mol. The van der Waals surface area contributed by atoms with E-state index in [-0.39, 0.29) is 17.2 Å². The Balaban J connectivity index is 3.06. The summed E-state index contributed by atoms with van der Waals surface area (Å²) in [5, 5.41) is 0. The fourth-order valence-corrected chi connectivity index (χ4v) is 0.930. The number of carbonyl (C=O) groups excluding carboxylic acids is 2. The highest BCUT2D eigenvalue weighted by Gasteiger charge is 2.11. The zero-order chi connectivity index (χ0) is 10.7. The van der Waals surface area contributed by atoms with Crippen LogP contribution in [0, 0.1) is 0 Å². The number of primary amides is 1. The molecule has 0 saturated carbocycles. The van der Waals surface area contributed by atoms with Crippen molar-refractivity contribution < 1.29 is 9.59 Å². The van der Waals surface area contributed by atoms with Crippen LogP contribution in [0.25, 0.3) is 0 Å². The molecule has 0 saturated heterocycles. The molecule has 2 amide bonds. The highest BCUT2D eigenvalue weighted by atomic mass is 16.2. The summed E-state index contributed by atoms with van der Waals surface area (Å²) in [6, 6.07) is 2.85. The zero-order valence-electron chi connectivity index (χ0n) is 8.02. The summed E-state index contributed by atoms with van der Waals surface area (Å²) in [6.45, 7) is 0. The topological polar surface area (TPSA) is 76.3 Å². The molecule has 0 radical (unpaired) electrons. The van der Waals surface area contributed by atoms with Crippen molar-refractivity contribution in [3.05, 3.63) is 29.6 Å². The Morgan fingerprint density at radius 1 is 1.43 bits per heavy atom. The van der Waals surface area contributed by atoms with Crippen LogP contribution in [-0.4, -0.2) is 35.8 Å². The number of hydrogen-bond donors (Lipinski definition) is 1. The van der Waals surface area contributed by atoms with E-state index in [1.54, 1.807) is 14.1 Å². The first-order valence-electron chi connectivity index (χ1n) is 4.00. The van der Waals surface area contributed by atoms with E-state index in [0.717, 1.165) is 0 Å². The lowest BCUT2D eigenvalue weighted by Gasteiger charge is -2.09. The fourth-order valence-electron chi connectivity index (χ4n) is 0.930. The fraction of sp³-hybridized carbons (Fsp3) is 0.222. The quantitative estimate of drug-likeness (QED) is 0.711. The monoisotopic (exact) mass is 193 g/mol. The molecule has 0 atom stereocenters. The Hall–Kier alpha value is -1.91. The van der Waals surface area contributed by atoms with Crippen molar-refractivity contribution in [3.63, 3.8) is 0 Å². The number of hydrogen-bond acceptors (Lipinski definition) is 3. The molecule has 0 aromatic carbocycles. The van der Waals surface area contributed by atoms with Gasteiger partial charge in [-0.25, -0.2) is 0 Å². The molecule has 0 unspecified atom stereocenters. The normalized spacial score (nSPS) is 9.57. The lowest BCUT2D eigenvalue weighted by Crippen LogP contribution is -2.23. The Labute approximate surface area is 81.5 Å². The minimum absolute atomic E-state index is 0.214. The number of nitrogens with zero attached hydrogens (tertiary/aromatic N) is 2. The van der Waals surface area contributed by atoms with Crippen molar-refractivity contribution in [2.75, 3.05) is 14.1 Å². The van der Waals surface area contributed by atoms with Crippen molar-refractivity contribution in [3.8, 4) is 0 Å². The third kappa shape index (κ3) is 2.07. The van der Waals surface area contributed by atoms with E-state index in [1.165, 1.54) is 23.2 Å². The third-order valence-corrected chi connectivity index (χ3v) is 1.67. The van der Waals surface area contributed by atoms with Crippen LogP contribution in [0.1, 0.15) is 20.8 Å². The first-order chi connectivity index (χ1) is 6.52. The first-order valence-corrected chi connectivity index (χ1v) is 4.00. The maximum atomic E-state index is 11.4. The zero-order valence-corrected chi connectivity index (χ0v) is 8.02. The molecule has 0 spiro atoms. The average Bonchev–Trinajstić information content (AvgIpc) is 2.16. The minimum Gasteiger partial charge on any atom is -0.366 e. The molecule has 5 heteroatoms. The van der Waals surface area contributed by atoms with Crippen LogP contribution in [0.4, 0.5) is 0 Å². The van der Waals surface area contributed by atoms with Crippen LogP contribution in [0.5, 0.6) is 0 Å². The van der Waals surface area contributed by atoms with Gasteiger partial charge in [-0.05, 0) is 12.1 Å². The molecule has 14 heavy (non-hydrogen) atoms. The van der Waals surface area contributed by atoms with E-state index in [0.29, 0.717) is 0 Å². The van der Waals surface area contributed by atoms with Crippen molar-refractivity contribution in [1.82, 2.24) is 9.88 Å². The molecule has 0 aliphatic carbocycles. The van der Waals surface area contributed by atoms with Crippen LogP contribution in [0.15, 0.2) is 18.3 Å². The number of nitrogens with two attached hydrogens (primary N) is 1. The van der Waals surface area contributed by atoms with E-state index in [2.05, 4.69) is 4.98 Å². The summed E-state index contributed by atoms with van der Waals surface area (Å²) in [4.78, 5) is 27.5. The van der Waals surface area contributed by atoms with Crippen LogP contribution in [0.3, 0.4) is 0 Å². The Kier molecular flexibility index (Phi) is 2.81. The average molecular weight is 193 g/mol. The summed E-state index contributed by atoms with van der Waals surface area (Å²) < 4.78 is 0. The Morgan fingerprint density at radius 3 is 2.57 bits per heavy atom. The molecular formula is C9H11N3O2. The predicted molar refractivity (Wildman–Crippen MR) is 50.8 cm³/mol. The van der Waals surface area contributed by atoms with Gasteiger partial charge in [-0.2, -0.15) is 0 Å². The molecule has 5 nitrogen and oxygen atoms in total. The van der Waals surface area contributed by atoms with Gasteiger partial charge in [0.15, 0.2) is 0 Å². The lowest BCUT2D eigenvalue weighted by atomic mass is 10.2. The molecule has 1 aromatic rings. The van der Waals surface area contributed by atoms with Gasteiger partial charge >= 0.3 is 0 Å². The SMILES string of the molecule is CN(C)C(=O)c1cc(C(N)=O)ccn1. The largest absolute Gasteiger partial charge is 0.366 e. The van der Waals surface area contributed by atoms with Crippen molar-refractivity contribution >= 4 is 11.8 Å². The number of rotatable bonds is 2. The first kappa shape index (κ1) is 10.2. The number of aromatic nitrogens is 1. The van der Waals surface area contributed by atoms with Gasteiger partial charge in [-0.3, -0.25) is 14.6 Å². The summed E-state index contributed by atoms with van der Waals surface area (Å²) in [6.07, 6.45) is 1.39. The van der Waals surface area contributed by atoms with Crippen molar-refractivity contribution in [2.24, 2.45) is 5.73 Å². The van der Waals surface area contributed by atoms with Crippen LogP contribution < -0.4 is 5.73 Å². The smallest absolute Gasteiger partial charge is 0.271 e. The van der Waals surface area contributed by atoms with Crippen LogP contribution in [-0.2, 0) is 0 Å². The molecule has 0 bridgehead atoms. The third-order valence-electron chi connectivity index (χ3n) is 1.67. The van der Waals surface area contributed by atoms with Crippen LogP contribution in [0.2, 0.25) is 0 Å². The Morgan fingerprint density at radius 2 is 2.07 bits per heavy atom. The number of carbonyl (C=O) groups is 2. The maximum absolute atomic E-state index is 11.4. The second-order valence-electron chi connectivity index (χ2n) is 2.99. The highest BCUT2D eigenvalue weighted by molar-refractivity contribution is 5.97. The molecule has 74 valence electrons. The van der Waals surface area contributed by atoms with Crippen molar-refractivity contribution in [2.45, 2.75) is 0 Å². The Bertz CT molecular complexity index is 374. The molecule has 1 aromatic heterocycles. The van der Waals surface area contributed by atoms with Gasteiger partial charge in [-0.15, -0.1) is 0 Å². The number of amides is 2. The van der Waals surface area contributed by atoms with Gasteiger partial charge in [0.25, 0.3) is 5.91 Å². The van der Waals surface area contributed by atoms with Gasteiger partial charge in [0, 0.05) is 25.9 Å². The van der Waals surface area contributed by atoms with E-state index in [9.17, 15) is 9.59 Å². The number of pyridine rings is 1. The second kappa shape index (κ2) is 3.87. The molecule has 0 aliphatic rings. The molecule has 1 rings (SSSR count). The standard InChI is InChI=1S/C9H11N3O2/c1-12(2)9(14)7-5-6(8(10)13)3-4-11-7/h3-5H,1-2H3,(H2,10,13). The highest BCUT2D eigenvalue weighted by Crippen LogP contribution is 2.02. The summed E-state index contributed by atoms with van der Waals surface area (Å²) in [5.74, 6) is -0.826. The predicted octanol–water partition coefficient (Wildman–Crippen LogP) is -0.118. The van der Waals surface area contributed by atoms with E-state index < -0.39 is 5.91 Å². The lowest BCUT2D eigenvalue weighted by molar-refractivity contribution is 0.0822. The van der Waals surface area contributed by atoms with Crippen LogP contribution >= 0.6 is 0 Å². The summed E-state index contributed by atoms with van der Waals surface area (Å²) >= 11 is 0. The van der Waals surface area contributed by atoms with Gasteiger partial charge in [-0.1, -0.05) is 0 Å². The van der Waals surface area contributed by atoms with Gasteiger partial charge in [0.05, 0.1) is 0 Å². The molecule has 1 heterocycles. The van der Waals surface area contributed by atoms with Gasteiger partial charge in [0.1, 0.15) is 5.69 Å².